The van der Waals surface area contributed by atoms with Gasteiger partial charge in [-0.2, -0.15) is 0 Å². The lowest BCUT2D eigenvalue weighted by molar-refractivity contribution is 0.0758. The quantitative estimate of drug-likeness (QED) is 0.898. The first-order chi connectivity index (χ1) is 9.45. The normalized spacial score (nSPS) is 18.2. The predicted molar refractivity (Wildman–Crippen MR) is 82.3 cm³/mol. The van der Waals surface area contributed by atoms with E-state index in [2.05, 4.69) is 37.8 Å². The molecule has 0 saturated carbocycles. The molecule has 3 nitrogen and oxygen atoms in total. The van der Waals surface area contributed by atoms with Crippen molar-refractivity contribution in [2.24, 2.45) is 0 Å². The number of hydrogen-bond acceptors (Lipinski definition) is 3. The molecule has 1 heterocycles. The molecule has 3 heteroatoms. The fraction of sp³-hybridized carbons (Fsp3) is 0.647. The fourth-order valence-electron chi connectivity index (χ4n) is 2.56. The smallest absolute Gasteiger partial charge is 0.119 e. The molecule has 0 aromatic heterocycles. The third-order valence-electron chi connectivity index (χ3n) is 3.83. The molecule has 0 unspecified atom stereocenters. The van der Waals surface area contributed by atoms with Gasteiger partial charge in [0.15, 0.2) is 0 Å². The number of hydrogen-bond donors (Lipinski definition) is 1. The average Bonchev–Trinajstić information content (AvgIpc) is 2.88. The van der Waals surface area contributed by atoms with Crippen LogP contribution in [0.5, 0.6) is 5.75 Å². The molecule has 1 saturated heterocycles. The molecular formula is C17H27NO2. The van der Waals surface area contributed by atoms with Gasteiger partial charge in [0, 0.05) is 6.54 Å². The summed E-state index contributed by atoms with van der Waals surface area (Å²) in [5.74, 6) is 0.832. The molecular weight excluding hydrogens is 250 g/mol. The third-order valence-corrected chi connectivity index (χ3v) is 3.83. The Morgan fingerprint density at radius 2 is 1.75 bits per heavy atom. The topological polar surface area (TPSA) is 32.7 Å². The van der Waals surface area contributed by atoms with Gasteiger partial charge in [0.1, 0.15) is 18.5 Å². The van der Waals surface area contributed by atoms with Gasteiger partial charge >= 0.3 is 0 Å². The summed E-state index contributed by atoms with van der Waals surface area (Å²) in [7, 11) is 0. The van der Waals surface area contributed by atoms with Crippen LogP contribution in [0.25, 0.3) is 0 Å². The Bertz CT molecular complexity index is 402. The van der Waals surface area contributed by atoms with Crippen LogP contribution in [0.4, 0.5) is 0 Å². The first kappa shape index (κ1) is 15.3. The number of ether oxygens (including phenoxy) is 1. The summed E-state index contributed by atoms with van der Waals surface area (Å²) < 4.78 is 5.67. The van der Waals surface area contributed by atoms with Crippen molar-refractivity contribution in [2.45, 2.75) is 45.1 Å². The summed E-state index contributed by atoms with van der Waals surface area (Å²) in [4.78, 5) is 2.30. The van der Waals surface area contributed by atoms with Crippen LogP contribution in [0.2, 0.25) is 0 Å². The van der Waals surface area contributed by atoms with E-state index >= 15 is 0 Å². The van der Waals surface area contributed by atoms with Crippen molar-refractivity contribution in [2.75, 3.05) is 26.2 Å². The second-order valence-electron chi connectivity index (χ2n) is 6.75. The van der Waals surface area contributed by atoms with Crippen molar-refractivity contribution in [3.8, 4) is 5.75 Å². The van der Waals surface area contributed by atoms with Gasteiger partial charge in [0.05, 0.1) is 0 Å². The van der Waals surface area contributed by atoms with Gasteiger partial charge in [-0.1, -0.05) is 32.9 Å². The zero-order valence-electron chi connectivity index (χ0n) is 12.9. The summed E-state index contributed by atoms with van der Waals surface area (Å²) in [6.45, 7) is 9.90. The summed E-state index contributed by atoms with van der Waals surface area (Å²) >= 11 is 0. The Morgan fingerprint density at radius 1 is 1.15 bits per heavy atom. The third kappa shape index (κ3) is 4.50. The van der Waals surface area contributed by atoms with Crippen LogP contribution in [0, 0.1) is 0 Å². The molecule has 0 aliphatic carbocycles. The van der Waals surface area contributed by atoms with Crippen LogP contribution < -0.4 is 4.74 Å². The van der Waals surface area contributed by atoms with E-state index in [1.165, 1.54) is 18.4 Å². The highest BCUT2D eigenvalue weighted by atomic mass is 16.5. The van der Waals surface area contributed by atoms with Crippen LogP contribution in [0.1, 0.15) is 39.2 Å². The number of rotatable bonds is 5. The van der Waals surface area contributed by atoms with Gasteiger partial charge in [-0.3, -0.25) is 0 Å². The Hall–Kier alpha value is -1.06. The second kappa shape index (κ2) is 6.59. The molecule has 0 spiro atoms. The largest absolute Gasteiger partial charge is 0.491 e. The SMILES string of the molecule is CC(C)(C)c1ccc(OC[C@H](O)CN2CCCC2)cc1. The Labute approximate surface area is 122 Å². The van der Waals surface area contributed by atoms with Crippen LogP contribution in [0.3, 0.4) is 0 Å². The summed E-state index contributed by atoms with van der Waals surface area (Å²) in [6, 6.07) is 8.18. The zero-order chi connectivity index (χ0) is 14.6. The van der Waals surface area contributed by atoms with Crippen LogP contribution >= 0.6 is 0 Å². The molecule has 112 valence electrons. The lowest BCUT2D eigenvalue weighted by atomic mass is 9.87. The number of β-amino-alcohol motifs (C(OH)–C–C–N with tert-alkyl or cyclic N) is 1. The highest BCUT2D eigenvalue weighted by molar-refractivity contribution is 5.31. The highest BCUT2D eigenvalue weighted by Crippen LogP contribution is 2.24. The lowest BCUT2D eigenvalue weighted by Gasteiger charge is -2.21. The van der Waals surface area contributed by atoms with Gasteiger partial charge in [-0.15, -0.1) is 0 Å². The zero-order valence-corrected chi connectivity index (χ0v) is 12.9. The van der Waals surface area contributed by atoms with Crippen molar-refractivity contribution in [1.82, 2.24) is 4.90 Å². The van der Waals surface area contributed by atoms with E-state index in [0.717, 1.165) is 25.4 Å². The van der Waals surface area contributed by atoms with Gasteiger partial charge in [0.25, 0.3) is 0 Å². The molecule has 0 amide bonds. The van der Waals surface area contributed by atoms with E-state index in [-0.39, 0.29) is 5.41 Å². The van der Waals surface area contributed by atoms with Crippen molar-refractivity contribution < 1.29 is 9.84 Å². The van der Waals surface area contributed by atoms with E-state index in [4.69, 9.17) is 4.74 Å². The fourth-order valence-corrected chi connectivity index (χ4v) is 2.56. The molecule has 1 N–H and O–H groups in total. The minimum Gasteiger partial charge on any atom is -0.491 e. The molecule has 1 aromatic rings. The Balaban J connectivity index is 1.78. The molecule has 20 heavy (non-hydrogen) atoms. The van der Waals surface area contributed by atoms with E-state index in [1.807, 2.05) is 12.1 Å². The molecule has 1 atom stereocenters. The van der Waals surface area contributed by atoms with Crippen LogP contribution in [-0.4, -0.2) is 42.4 Å². The lowest BCUT2D eigenvalue weighted by Crippen LogP contribution is -2.33. The van der Waals surface area contributed by atoms with E-state index in [0.29, 0.717) is 6.61 Å². The Morgan fingerprint density at radius 3 is 2.30 bits per heavy atom. The van der Waals surface area contributed by atoms with Gasteiger partial charge in [-0.05, 0) is 49.0 Å². The van der Waals surface area contributed by atoms with Crippen molar-refractivity contribution in [3.63, 3.8) is 0 Å². The maximum absolute atomic E-state index is 9.99. The van der Waals surface area contributed by atoms with Crippen LogP contribution in [-0.2, 0) is 5.41 Å². The summed E-state index contributed by atoms with van der Waals surface area (Å²) in [5, 5.41) is 9.99. The minimum atomic E-state index is -0.407. The number of benzene rings is 1. The molecule has 1 aliphatic rings. The van der Waals surface area contributed by atoms with Gasteiger partial charge in [-0.25, -0.2) is 0 Å². The monoisotopic (exact) mass is 277 g/mol. The summed E-state index contributed by atoms with van der Waals surface area (Å²) in [5.41, 5.74) is 1.45. The number of aliphatic hydroxyl groups excluding tert-OH is 1. The highest BCUT2D eigenvalue weighted by Gasteiger charge is 2.16. The molecule has 2 rings (SSSR count). The predicted octanol–water partition coefficient (Wildman–Crippen LogP) is 2.82. The molecule has 1 aromatic carbocycles. The van der Waals surface area contributed by atoms with Crippen molar-refractivity contribution in [1.29, 1.82) is 0 Å². The molecule has 0 bridgehead atoms. The van der Waals surface area contributed by atoms with E-state index in [1.54, 1.807) is 0 Å². The first-order valence-corrected chi connectivity index (χ1v) is 7.59. The molecule has 1 aliphatic heterocycles. The van der Waals surface area contributed by atoms with E-state index < -0.39 is 6.10 Å². The maximum atomic E-state index is 9.99. The number of nitrogens with zero attached hydrogens (tertiary/aromatic N) is 1. The first-order valence-electron chi connectivity index (χ1n) is 7.59. The maximum Gasteiger partial charge on any atom is 0.119 e. The van der Waals surface area contributed by atoms with E-state index in [9.17, 15) is 5.11 Å². The summed E-state index contributed by atoms with van der Waals surface area (Å²) in [6.07, 6.45) is 2.10. The standard InChI is InChI=1S/C17H27NO2/c1-17(2,3)14-6-8-16(9-7-14)20-13-15(19)12-18-10-4-5-11-18/h6-9,15,19H,4-5,10-13H2,1-3H3/t15-/m1/s1. The average molecular weight is 277 g/mol. The van der Waals surface area contributed by atoms with Gasteiger partial charge < -0.3 is 14.7 Å². The van der Waals surface area contributed by atoms with Crippen molar-refractivity contribution in [3.05, 3.63) is 29.8 Å². The molecule has 1 fully saturated rings. The minimum absolute atomic E-state index is 0.161. The number of likely N-dealkylation sites (tertiary alicyclic amines) is 1. The van der Waals surface area contributed by atoms with Crippen molar-refractivity contribution >= 4 is 0 Å². The Kier molecular flexibility index (Phi) is 5.06. The second-order valence-corrected chi connectivity index (χ2v) is 6.75. The number of aliphatic hydroxyl groups is 1. The van der Waals surface area contributed by atoms with Gasteiger partial charge in [0.2, 0.25) is 0 Å². The van der Waals surface area contributed by atoms with Crippen LogP contribution in [0.15, 0.2) is 24.3 Å². The molecule has 0 radical (unpaired) electrons.